The molecular formula is C15H19N5. The van der Waals surface area contributed by atoms with Gasteiger partial charge in [0, 0.05) is 11.9 Å². The van der Waals surface area contributed by atoms with Crippen molar-refractivity contribution >= 4 is 27.8 Å². The summed E-state index contributed by atoms with van der Waals surface area (Å²) in [5, 5.41) is 4.23. The van der Waals surface area contributed by atoms with Gasteiger partial charge in [-0.1, -0.05) is 32.0 Å². The van der Waals surface area contributed by atoms with Gasteiger partial charge in [-0.25, -0.2) is 9.97 Å². The van der Waals surface area contributed by atoms with Gasteiger partial charge in [-0.05, 0) is 12.0 Å². The fourth-order valence-corrected chi connectivity index (χ4v) is 2.53. The lowest BCUT2D eigenvalue weighted by molar-refractivity contribution is 0.533. The second-order valence-corrected chi connectivity index (χ2v) is 5.35. The number of rotatable bonds is 4. The molecule has 0 aliphatic rings. The molecule has 0 fully saturated rings. The molecule has 0 saturated heterocycles. The average molecular weight is 269 g/mol. The first-order valence-corrected chi connectivity index (χ1v) is 6.88. The Kier molecular flexibility index (Phi) is 3.28. The van der Waals surface area contributed by atoms with Gasteiger partial charge in [-0.2, -0.15) is 0 Å². The minimum atomic E-state index is 0.345. The van der Waals surface area contributed by atoms with E-state index in [1.165, 1.54) is 0 Å². The van der Waals surface area contributed by atoms with Crippen molar-refractivity contribution < 1.29 is 0 Å². The summed E-state index contributed by atoms with van der Waals surface area (Å²) in [6.45, 7) is 5.69. The molecule has 0 bridgehead atoms. The van der Waals surface area contributed by atoms with Gasteiger partial charge in [0.1, 0.15) is 5.52 Å². The van der Waals surface area contributed by atoms with Crippen LogP contribution in [0.5, 0.6) is 0 Å². The molecule has 5 heteroatoms. The van der Waals surface area contributed by atoms with Crippen molar-refractivity contribution in [2.75, 3.05) is 12.0 Å². The highest BCUT2D eigenvalue weighted by molar-refractivity contribution is 6.06. The molecule has 5 nitrogen and oxygen atoms in total. The maximum absolute atomic E-state index is 5.60. The van der Waals surface area contributed by atoms with Crippen molar-refractivity contribution in [3.8, 4) is 0 Å². The Labute approximate surface area is 117 Å². The van der Waals surface area contributed by atoms with Crippen molar-refractivity contribution in [1.29, 1.82) is 0 Å². The van der Waals surface area contributed by atoms with Crippen LogP contribution in [0.2, 0.25) is 0 Å². The minimum absolute atomic E-state index is 0.345. The predicted molar refractivity (Wildman–Crippen MR) is 82.5 cm³/mol. The first-order valence-electron chi connectivity index (χ1n) is 6.88. The summed E-state index contributed by atoms with van der Waals surface area (Å²) in [4.78, 5) is 9.14. The molecule has 0 aliphatic heterocycles. The van der Waals surface area contributed by atoms with Crippen LogP contribution < -0.4 is 11.1 Å². The number of imidazole rings is 1. The number of nitrogens with one attached hydrogen (secondary N) is 1. The highest BCUT2D eigenvalue weighted by atomic mass is 15.1. The summed E-state index contributed by atoms with van der Waals surface area (Å²) in [5.41, 5.74) is 8.57. The summed E-state index contributed by atoms with van der Waals surface area (Å²) < 4.78 is 2.20. The van der Waals surface area contributed by atoms with Gasteiger partial charge in [0.15, 0.2) is 5.82 Å². The van der Waals surface area contributed by atoms with Crippen LogP contribution >= 0.6 is 0 Å². The lowest BCUT2D eigenvalue weighted by atomic mass is 10.1. The Morgan fingerprint density at radius 1 is 1.30 bits per heavy atom. The number of nitrogens with zero attached hydrogens (tertiary/aromatic N) is 3. The molecule has 0 saturated carbocycles. The zero-order valence-corrected chi connectivity index (χ0v) is 11.8. The SMILES string of the molecule is CC(C)Cn1cnc2c(NCN)nc3ccccc3c21. The van der Waals surface area contributed by atoms with Crippen LogP contribution in [0.15, 0.2) is 30.6 Å². The van der Waals surface area contributed by atoms with Crippen LogP contribution in [0.4, 0.5) is 5.82 Å². The summed E-state index contributed by atoms with van der Waals surface area (Å²) in [6.07, 6.45) is 1.89. The number of hydrogen-bond acceptors (Lipinski definition) is 4. The fourth-order valence-electron chi connectivity index (χ4n) is 2.53. The number of anilines is 1. The molecule has 104 valence electrons. The van der Waals surface area contributed by atoms with Gasteiger partial charge in [-0.15, -0.1) is 0 Å². The van der Waals surface area contributed by atoms with Crippen LogP contribution in [0.1, 0.15) is 13.8 Å². The van der Waals surface area contributed by atoms with Crippen molar-refractivity contribution in [2.24, 2.45) is 11.7 Å². The Morgan fingerprint density at radius 2 is 2.10 bits per heavy atom. The number of para-hydroxylation sites is 1. The molecule has 0 atom stereocenters. The lowest BCUT2D eigenvalue weighted by Gasteiger charge is -2.11. The van der Waals surface area contributed by atoms with E-state index in [0.717, 1.165) is 34.3 Å². The van der Waals surface area contributed by atoms with E-state index in [2.05, 4.69) is 39.8 Å². The van der Waals surface area contributed by atoms with E-state index in [4.69, 9.17) is 5.73 Å². The summed E-state index contributed by atoms with van der Waals surface area (Å²) in [7, 11) is 0. The molecule has 0 radical (unpaired) electrons. The molecule has 0 unspecified atom stereocenters. The van der Waals surface area contributed by atoms with Gasteiger partial charge in [0.2, 0.25) is 0 Å². The Bertz CT molecular complexity index is 744. The number of aromatic nitrogens is 3. The van der Waals surface area contributed by atoms with Gasteiger partial charge < -0.3 is 15.6 Å². The Hall–Kier alpha value is -2.14. The van der Waals surface area contributed by atoms with Crippen LogP contribution in [-0.2, 0) is 6.54 Å². The molecule has 20 heavy (non-hydrogen) atoms. The topological polar surface area (TPSA) is 68.8 Å². The normalized spacial score (nSPS) is 11.6. The van der Waals surface area contributed by atoms with Crippen molar-refractivity contribution in [3.05, 3.63) is 30.6 Å². The smallest absolute Gasteiger partial charge is 0.155 e. The van der Waals surface area contributed by atoms with E-state index in [9.17, 15) is 0 Å². The third-order valence-electron chi connectivity index (χ3n) is 3.28. The summed E-state index contributed by atoms with van der Waals surface area (Å²) in [6, 6.07) is 8.14. The van der Waals surface area contributed by atoms with Crippen LogP contribution in [0.25, 0.3) is 21.9 Å². The first kappa shape index (κ1) is 12.9. The standard InChI is InChI=1S/C15H19N5/c1-10(2)7-20-9-18-13-14(20)11-5-3-4-6-12(11)19-15(13)17-8-16/h3-6,9-10H,7-8,16H2,1-2H3,(H,17,19). The summed E-state index contributed by atoms with van der Waals surface area (Å²) in [5.74, 6) is 1.31. The molecule has 0 amide bonds. The van der Waals surface area contributed by atoms with E-state index < -0.39 is 0 Å². The number of nitrogens with two attached hydrogens (primary N) is 1. The highest BCUT2D eigenvalue weighted by Gasteiger charge is 2.13. The number of pyridine rings is 1. The second kappa shape index (κ2) is 5.09. The Morgan fingerprint density at radius 3 is 2.85 bits per heavy atom. The molecule has 2 aromatic heterocycles. The van der Waals surface area contributed by atoms with E-state index in [1.807, 2.05) is 24.5 Å². The summed E-state index contributed by atoms with van der Waals surface area (Å²) >= 11 is 0. The zero-order chi connectivity index (χ0) is 14.1. The van der Waals surface area contributed by atoms with Crippen LogP contribution in [0, 0.1) is 5.92 Å². The van der Waals surface area contributed by atoms with E-state index in [-0.39, 0.29) is 0 Å². The predicted octanol–water partition coefficient (Wildman–Crippen LogP) is 2.57. The van der Waals surface area contributed by atoms with E-state index in [0.29, 0.717) is 12.6 Å². The highest BCUT2D eigenvalue weighted by Crippen LogP contribution is 2.28. The molecule has 0 spiro atoms. The average Bonchev–Trinajstić information content (AvgIpc) is 2.83. The van der Waals surface area contributed by atoms with Gasteiger partial charge in [-0.3, -0.25) is 0 Å². The second-order valence-electron chi connectivity index (χ2n) is 5.35. The van der Waals surface area contributed by atoms with Crippen LogP contribution in [-0.4, -0.2) is 21.2 Å². The molecule has 3 rings (SSSR count). The van der Waals surface area contributed by atoms with Crippen molar-refractivity contribution in [1.82, 2.24) is 14.5 Å². The fraction of sp³-hybridized carbons (Fsp3) is 0.333. The third kappa shape index (κ3) is 2.10. The minimum Gasteiger partial charge on any atom is -0.356 e. The molecule has 1 aromatic carbocycles. The van der Waals surface area contributed by atoms with Gasteiger partial charge in [0.05, 0.1) is 24.0 Å². The molecule has 0 aliphatic carbocycles. The Balaban J connectivity index is 2.33. The molecule has 3 aromatic rings. The quantitative estimate of drug-likeness (QED) is 0.714. The number of hydrogen-bond donors (Lipinski definition) is 2. The molecular weight excluding hydrogens is 250 g/mol. The van der Waals surface area contributed by atoms with Gasteiger partial charge in [0.25, 0.3) is 0 Å². The monoisotopic (exact) mass is 269 g/mol. The first-order chi connectivity index (χ1) is 9.70. The van der Waals surface area contributed by atoms with E-state index >= 15 is 0 Å². The zero-order valence-electron chi connectivity index (χ0n) is 11.8. The maximum Gasteiger partial charge on any atom is 0.155 e. The lowest BCUT2D eigenvalue weighted by Crippen LogP contribution is -2.12. The maximum atomic E-state index is 5.60. The van der Waals surface area contributed by atoms with Crippen LogP contribution in [0.3, 0.4) is 0 Å². The largest absolute Gasteiger partial charge is 0.356 e. The number of benzene rings is 1. The molecule has 2 heterocycles. The van der Waals surface area contributed by atoms with Crippen molar-refractivity contribution in [3.63, 3.8) is 0 Å². The third-order valence-corrected chi connectivity index (χ3v) is 3.28. The van der Waals surface area contributed by atoms with Crippen molar-refractivity contribution in [2.45, 2.75) is 20.4 Å². The van der Waals surface area contributed by atoms with Gasteiger partial charge >= 0.3 is 0 Å². The molecule has 3 N–H and O–H groups in total. The van der Waals surface area contributed by atoms with E-state index in [1.54, 1.807) is 0 Å². The number of fused-ring (bicyclic) bond motifs is 3.